The van der Waals surface area contributed by atoms with Crippen LogP contribution in [0.3, 0.4) is 0 Å². The molecule has 0 spiro atoms. The summed E-state index contributed by atoms with van der Waals surface area (Å²) in [5.41, 5.74) is 2.42. The SMILES string of the molecule is CN(C(=O)C=Cc1ccc(S(C)(=O)=O)cc1)c1ccc(S(=O)(=O)NC2CCN(CCc3cccnc3)CC2)cc1.Cl. The van der Waals surface area contributed by atoms with Gasteiger partial charge in [-0.2, -0.15) is 0 Å². The number of benzene rings is 2. The van der Waals surface area contributed by atoms with Crippen molar-refractivity contribution in [2.45, 2.75) is 35.1 Å². The molecule has 9 nitrogen and oxygen atoms in total. The van der Waals surface area contributed by atoms with Gasteiger partial charge in [0.2, 0.25) is 10.0 Å². The maximum atomic E-state index is 13.0. The summed E-state index contributed by atoms with van der Waals surface area (Å²) in [4.78, 5) is 20.9. The number of piperidine rings is 1. The van der Waals surface area contributed by atoms with Gasteiger partial charge < -0.3 is 9.80 Å². The minimum absolute atomic E-state index is 0. The molecule has 1 aliphatic rings. The molecule has 0 atom stereocenters. The van der Waals surface area contributed by atoms with Crippen LogP contribution < -0.4 is 9.62 Å². The number of hydrogen-bond acceptors (Lipinski definition) is 7. The van der Waals surface area contributed by atoms with Crippen LogP contribution in [0.1, 0.15) is 24.0 Å². The number of anilines is 1. The standard InChI is InChI=1S/C29H34N4O5S2.ClH/c1-32(29(34)14-7-23-5-10-27(11-6-23)39(2,35)36)26-8-12-28(13-9-26)40(37,38)31-25-16-20-33(21-17-25)19-15-24-4-3-18-30-22-24;/h3-14,18,22,25,31H,15-17,19-21H2,1-2H3;1H. The van der Waals surface area contributed by atoms with Crippen LogP contribution in [0.25, 0.3) is 6.08 Å². The Kier molecular flexibility index (Phi) is 11.2. The second-order valence-corrected chi connectivity index (χ2v) is 13.6. The quantitative estimate of drug-likeness (QED) is 0.345. The van der Waals surface area contributed by atoms with Gasteiger partial charge in [0.05, 0.1) is 9.79 Å². The van der Waals surface area contributed by atoms with Crippen molar-refractivity contribution in [1.82, 2.24) is 14.6 Å². The number of carbonyl (C=O) groups is 1. The maximum absolute atomic E-state index is 13.0. The molecule has 0 bridgehead atoms. The summed E-state index contributed by atoms with van der Waals surface area (Å²) in [7, 11) is -5.38. The molecule has 1 amide bonds. The van der Waals surface area contributed by atoms with Crippen molar-refractivity contribution in [3.8, 4) is 0 Å². The number of pyridine rings is 1. The average Bonchev–Trinajstić information content (AvgIpc) is 2.95. The molecule has 220 valence electrons. The first-order valence-corrected chi connectivity index (χ1v) is 16.4. The van der Waals surface area contributed by atoms with E-state index in [0.29, 0.717) is 11.3 Å². The summed E-state index contributed by atoms with van der Waals surface area (Å²) >= 11 is 0. The highest BCUT2D eigenvalue weighted by molar-refractivity contribution is 7.90. The van der Waals surface area contributed by atoms with Gasteiger partial charge >= 0.3 is 0 Å². The third-order valence-corrected chi connectivity index (χ3v) is 9.61. The van der Waals surface area contributed by atoms with Gasteiger partial charge in [-0.25, -0.2) is 21.6 Å². The van der Waals surface area contributed by atoms with Crippen LogP contribution in [0.2, 0.25) is 0 Å². The zero-order chi connectivity index (χ0) is 28.8. The lowest BCUT2D eigenvalue weighted by atomic mass is 10.1. The highest BCUT2D eigenvalue weighted by atomic mass is 35.5. The minimum atomic E-state index is -3.69. The number of likely N-dealkylation sites (N-methyl/N-ethyl adjacent to an activating group) is 1. The van der Waals surface area contributed by atoms with Crippen LogP contribution in [0, 0.1) is 0 Å². The van der Waals surface area contributed by atoms with E-state index >= 15 is 0 Å². The van der Waals surface area contributed by atoms with E-state index in [1.54, 1.807) is 43.6 Å². The molecule has 0 saturated carbocycles. The van der Waals surface area contributed by atoms with Crippen molar-refractivity contribution in [3.05, 3.63) is 90.3 Å². The fraction of sp³-hybridized carbons (Fsp3) is 0.310. The average molecular weight is 619 g/mol. The lowest BCUT2D eigenvalue weighted by Gasteiger charge is -2.32. The van der Waals surface area contributed by atoms with Crippen molar-refractivity contribution in [2.24, 2.45) is 0 Å². The molecule has 1 fully saturated rings. The van der Waals surface area contributed by atoms with Crippen molar-refractivity contribution in [1.29, 1.82) is 0 Å². The molecule has 0 unspecified atom stereocenters. The Morgan fingerprint density at radius 3 is 2.22 bits per heavy atom. The molecule has 1 aromatic heterocycles. The third-order valence-electron chi connectivity index (χ3n) is 6.94. The highest BCUT2D eigenvalue weighted by Crippen LogP contribution is 2.20. The predicted molar refractivity (Wildman–Crippen MR) is 163 cm³/mol. The van der Waals surface area contributed by atoms with Gasteiger partial charge in [0.25, 0.3) is 5.91 Å². The first kappa shape index (κ1) is 32.4. The lowest BCUT2D eigenvalue weighted by molar-refractivity contribution is -0.113. The first-order valence-electron chi connectivity index (χ1n) is 13.0. The van der Waals surface area contributed by atoms with E-state index in [1.165, 1.54) is 40.8 Å². The summed E-state index contributed by atoms with van der Waals surface area (Å²) in [6.45, 7) is 2.58. The molecule has 12 heteroatoms. The molecule has 1 aliphatic heterocycles. The Labute approximate surface area is 248 Å². The topological polar surface area (TPSA) is 117 Å². The van der Waals surface area contributed by atoms with Gasteiger partial charge in [-0.1, -0.05) is 18.2 Å². The summed E-state index contributed by atoms with van der Waals surface area (Å²) in [5.74, 6) is -0.309. The summed E-state index contributed by atoms with van der Waals surface area (Å²) in [5, 5.41) is 0. The lowest BCUT2D eigenvalue weighted by Crippen LogP contribution is -2.45. The second kappa shape index (κ2) is 14.2. The molecule has 0 aliphatic carbocycles. The van der Waals surface area contributed by atoms with Crippen LogP contribution in [0.4, 0.5) is 5.69 Å². The van der Waals surface area contributed by atoms with E-state index in [-0.39, 0.29) is 34.1 Å². The number of halogens is 1. The Morgan fingerprint density at radius 1 is 1.00 bits per heavy atom. The normalized spacial score (nSPS) is 15.0. The smallest absolute Gasteiger partial charge is 0.250 e. The van der Waals surface area contributed by atoms with Crippen LogP contribution in [0.15, 0.2) is 88.9 Å². The Bertz CT molecular complexity index is 1540. The van der Waals surface area contributed by atoms with E-state index in [9.17, 15) is 21.6 Å². The monoisotopic (exact) mass is 618 g/mol. The maximum Gasteiger partial charge on any atom is 0.250 e. The van der Waals surface area contributed by atoms with Gasteiger partial charge in [0.15, 0.2) is 9.84 Å². The third kappa shape index (κ3) is 9.20. The molecular formula is C29H35ClN4O5S2. The largest absolute Gasteiger partial charge is 0.312 e. The van der Waals surface area contributed by atoms with E-state index in [2.05, 4.69) is 20.7 Å². The van der Waals surface area contributed by atoms with Crippen molar-refractivity contribution < 1.29 is 21.6 Å². The summed E-state index contributed by atoms with van der Waals surface area (Å²) < 4.78 is 52.0. The molecule has 41 heavy (non-hydrogen) atoms. The fourth-order valence-corrected chi connectivity index (χ4v) is 6.41. The zero-order valence-corrected chi connectivity index (χ0v) is 25.5. The summed E-state index contributed by atoms with van der Waals surface area (Å²) in [6.07, 6.45) is 10.2. The predicted octanol–water partition coefficient (Wildman–Crippen LogP) is 3.57. The highest BCUT2D eigenvalue weighted by Gasteiger charge is 2.25. The number of likely N-dealkylation sites (tertiary alicyclic amines) is 1. The van der Waals surface area contributed by atoms with Crippen LogP contribution in [-0.4, -0.2) is 71.6 Å². The van der Waals surface area contributed by atoms with Crippen molar-refractivity contribution in [2.75, 3.05) is 37.8 Å². The number of hydrogen-bond donors (Lipinski definition) is 1. The molecule has 2 aromatic carbocycles. The molecule has 1 N–H and O–H groups in total. The zero-order valence-electron chi connectivity index (χ0n) is 23.0. The van der Waals surface area contributed by atoms with Crippen LogP contribution in [0.5, 0.6) is 0 Å². The number of nitrogens with one attached hydrogen (secondary N) is 1. The van der Waals surface area contributed by atoms with Crippen LogP contribution in [-0.2, 0) is 31.1 Å². The molecule has 4 rings (SSSR count). The first-order chi connectivity index (χ1) is 19.0. The summed E-state index contributed by atoms with van der Waals surface area (Å²) in [6, 6.07) is 16.3. The fourth-order valence-electron chi connectivity index (χ4n) is 4.48. The number of aromatic nitrogens is 1. The number of carbonyl (C=O) groups excluding carboxylic acids is 1. The van der Waals surface area contributed by atoms with Crippen molar-refractivity contribution >= 4 is 49.9 Å². The van der Waals surface area contributed by atoms with Gasteiger partial charge in [-0.3, -0.25) is 9.78 Å². The number of sulfone groups is 1. The molecule has 3 aromatic rings. The van der Waals surface area contributed by atoms with E-state index in [0.717, 1.165) is 45.2 Å². The van der Waals surface area contributed by atoms with Gasteiger partial charge in [0, 0.05) is 50.0 Å². The minimum Gasteiger partial charge on any atom is -0.312 e. The molecule has 1 saturated heterocycles. The molecule has 2 heterocycles. The second-order valence-electron chi connectivity index (χ2n) is 9.91. The van der Waals surface area contributed by atoms with E-state index in [1.807, 2.05) is 12.3 Å². The number of nitrogens with zero attached hydrogens (tertiary/aromatic N) is 3. The molecular weight excluding hydrogens is 584 g/mol. The Hall–Kier alpha value is -3.09. The van der Waals surface area contributed by atoms with Gasteiger partial charge in [-0.05, 0) is 92.0 Å². The van der Waals surface area contributed by atoms with Gasteiger partial charge in [0.1, 0.15) is 0 Å². The Balaban J connectivity index is 0.00000462. The number of rotatable bonds is 10. The molecule has 0 radical (unpaired) electrons. The number of amides is 1. The van der Waals surface area contributed by atoms with E-state index < -0.39 is 19.9 Å². The van der Waals surface area contributed by atoms with Crippen LogP contribution >= 0.6 is 12.4 Å². The van der Waals surface area contributed by atoms with Gasteiger partial charge in [-0.15, -0.1) is 12.4 Å². The number of sulfonamides is 1. The Morgan fingerprint density at radius 2 is 1.63 bits per heavy atom. The van der Waals surface area contributed by atoms with E-state index in [4.69, 9.17) is 0 Å². The van der Waals surface area contributed by atoms with Crippen molar-refractivity contribution in [3.63, 3.8) is 0 Å².